The lowest BCUT2D eigenvalue weighted by Crippen LogP contribution is -2.02. The van der Waals surface area contributed by atoms with E-state index >= 15 is 0 Å². The monoisotopic (exact) mass is 224 g/mol. The van der Waals surface area contributed by atoms with Gasteiger partial charge in [0.15, 0.2) is 11.5 Å². The summed E-state index contributed by atoms with van der Waals surface area (Å²) in [6.07, 6.45) is 2.48. The third-order valence-electron chi connectivity index (χ3n) is 2.62. The minimum absolute atomic E-state index is 0.0971. The Morgan fingerprint density at radius 3 is 2.31 bits per heavy atom. The van der Waals surface area contributed by atoms with Crippen LogP contribution in [0.2, 0.25) is 0 Å². The van der Waals surface area contributed by atoms with Crippen LogP contribution in [-0.2, 0) is 12.8 Å². The number of rotatable bonds is 5. The Kier molecular flexibility index (Phi) is 4.47. The van der Waals surface area contributed by atoms with Crippen molar-refractivity contribution in [1.82, 2.24) is 0 Å². The van der Waals surface area contributed by atoms with Gasteiger partial charge in [0, 0.05) is 5.56 Å². The molecule has 1 aromatic carbocycles. The van der Waals surface area contributed by atoms with Crippen LogP contribution >= 0.6 is 0 Å². The zero-order valence-corrected chi connectivity index (χ0v) is 10.2. The van der Waals surface area contributed by atoms with Crippen molar-refractivity contribution in [3.63, 3.8) is 0 Å². The van der Waals surface area contributed by atoms with E-state index in [0.29, 0.717) is 12.4 Å². The van der Waals surface area contributed by atoms with E-state index in [1.165, 1.54) is 0 Å². The molecule has 0 aliphatic heterocycles. The number of ether oxygens (including phenoxy) is 1. The molecule has 0 spiro atoms. The molecule has 3 nitrogen and oxygen atoms in total. The molecule has 2 N–H and O–H groups in total. The van der Waals surface area contributed by atoms with Gasteiger partial charge in [0.25, 0.3) is 0 Å². The number of aryl methyl sites for hydroxylation is 1. The van der Waals surface area contributed by atoms with E-state index < -0.39 is 0 Å². The quantitative estimate of drug-likeness (QED) is 0.756. The first-order valence-corrected chi connectivity index (χ1v) is 5.85. The highest BCUT2D eigenvalue weighted by Gasteiger charge is 2.16. The highest BCUT2D eigenvalue weighted by Crippen LogP contribution is 2.41. The molecular weight excluding hydrogens is 204 g/mol. The Morgan fingerprint density at radius 1 is 1.12 bits per heavy atom. The number of phenolic OH excluding ortho intramolecular Hbond substituents is 2. The van der Waals surface area contributed by atoms with Gasteiger partial charge in [0.2, 0.25) is 5.75 Å². The first-order chi connectivity index (χ1) is 7.65. The minimum Gasteiger partial charge on any atom is -0.504 e. The van der Waals surface area contributed by atoms with E-state index in [-0.39, 0.29) is 11.5 Å². The number of hydrogen-bond donors (Lipinski definition) is 2. The molecule has 0 saturated carbocycles. The predicted octanol–water partition coefficient (Wildman–Crippen LogP) is 3.01. The molecule has 0 unspecified atom stereocenters. The molecule has 0 radical (unpaired) electrons. The second-order valence-electron chi connectivity index (χ2n) is 3.77. The fourth-order valence-corrected chi connectivity index (χ4v) is 1.79. The van der Waals surface area contributed by atoms with Crippen LogP contribution in [0.5, 0.6) is 17.2 Å². The second-order valence-corrected chi connectivity index (χ2v) is 3.77. The summed E-state index contributed by atoms with van der Waals surface area (Å²) in [6.45, 7) is 6.59. The van der Waals surface area contributed by atoms with Crippen molar-refractivity contribution < 1.29 is 14.9 Å². The second kappa shape index (κ2) is 5.64. The number of benzene rings is 1. The zero-order valence-electron chi connectivity index (χ0n) is 10.2. The molecule has 0 bridgehead atoms. The summed E-state index contributed by atoms with van der Waals surface area (Å²) >= 11 is 0. The molecule has 3 heteroatoms. The molecule has 0 atom stereocenters. The molecule has 0 fully saturated rings. The van der Waals surface area contributed by atoms with Crippen molar-refractivity contribution in [2.75, 3.05) is 6.61 Å². The van der Waals surface area contributed by atoms with Crippen molar-refractivity contribution in [1.29, 1.82) is 0 Å². The fraction of sp³-hybridized carbons (Fsp3) is 0.538. The van der Waals surface area contributed by atoms with Crippen LogP contribution in [0.3, 0.4) is 0 Å². The van der Waals surface area contributed by atoms with Gasteiger partial charge in [-0.2, -0.15) is 0 Å². The van der Waals surface area contributed by atoms with E-state index in [9.17, 15) is 10.2 Å². The summed E-state index contributed by atoms with van der Waals surface area (Å²) in [7, 11) is 0. The van der Waals surface area contributed by atoms with Crippen LogP contribution in [0, 0.1) is 0 Å². The van der Waals surface area contributed by atoms with Crippen molar-refractivity contribution in [3.8, 4) is 17.2 Å². The van der Waals surface area contributed by atoms with Gasteiger partial charge >= 0.3 is 0 Å². The van der Waals surface area contributed by atoms with Crippen LogP contribution in [0.15, 0.2) is 6.07 Å². The number of phenols is 2. The van der Waals surface area contributed by atoms with Gasteiger partial charge in [-0.05, 0) is 30.9 Å². The van der Waals surface area contributed by atoms with E-state index in [0.717, 1.165) is 30.4 Å². The molecule has 0 aliphatic rings. The summed E-state index contributed by atoms with van der Waals surface area (Å²) in [5.41, 5.74) is 2.02. The van der Waals surface area contributed by atoms with Gasteiger partial charge in [-0.3, -0.25) is 0 Å². The summed E-state index contributed by atoms with van der Waals surface area (Å²) in [5, 5.41) is 19.4. The van der Waals surface area contributed by atoms with E-state index in [2.05, 4.69) is 0 Å². The maximum atomic E-state index is 9.78. The van der Waals surface area contributed by atoms with Crippen molar-refractivity contribution in [3.05, 3.63) is 17.2 Å². The molecular formula is C13H20O3. The number of aromatic hydroxyl groups is 2. The normalized spacial score (nSPS) is 10.4. The number of hydrogen-bond acceptors (Lipinski definition) is 3. The lowest BCUT2D eigenvalue weighted by atomic mass is 10.0. The topological polar surface area (TPSA) is 49.7 Å². The molecule has 90 valence electrons. The largest absolute Gasteiger partial charge is 0.504 e. The average molecular weight is 224 g/mol. The summed E-state index contributed by atoms with van der Waals surface area (Å²) < 4.78 is 5.52. The maximum absolute atomic E-state index is 9.78. The Labute approximate surface area is 96.7 Å². The first-order valence-electron chi connectivity index (χ1n) is 5.85. The summed E-state index contributed by atoms with van der Waals surface area (Å²) in [6, 6.07) is 1.62. The van der Waals surface area contributed by atoms with Gasteiger partial charge in [-0.15, -0.1) is 0 Å². The van der Waals surface area contributed by atoms with Gasteiger partial charge in [0.05, 0.1) is 6.61 Å². The Hall–Kier alpha value is -1.38. The Balaban J connectivity index is 3.23. The van der Waals surface area contributed by atoms with Crippen LogP contribution in [0.1, 0.15) is 38.3 Å². The van der Waals surface area contributed by atoms with Crippen molar-refractivity contribution in [2.24, 2.45) is 0 Å². The molecule has 16 heavy (non-hydrogen) atoms. The van der Waals surface area contributed by atoms with E-state index in [1.54, 1.807) is 6.07 Å². The van der Waals surface area contributed by atoms with Crippen molar-refractivity contribution in [2.45, 2.75) is 40.0 Å². The lowest BCUT2D eigenvalue weighted by Gasteiger charge is -2.16. The third-order valence-corrected chi connectivity index (χ3v) is 2.62. The molecule has 1 aromatic rings. The summed E-state index contributed by atoms with van der Waals surface area (Å²) in [5.74, 6) is 0.212. The standard InChI is InChI=1S/C13H20O3/c1-4-7-16-13-10(6-3)9(5-2)8-11(14)12(13)15/h8,14-15H,4-7H2,1-3H3. The molecule has 0 saturated heterocycles. The van der Waals surface area contributed by atoms with E-state index in [1.807, 2.05) is 20.8 Å². The third kappa shape index (κ3) is 2.40. The van der Waals surface area contributed by atoms with E-state index in [4.69, 9.17) is 4.74 Å². The SMILES string of the molecule is CCCOc1c(O)c(O)cc(CC)c1CC. The molecule has 1 rings (SSSR count). The highest BCUT2D eigenvalue weighted by atomic mass is 16.5. The highest BCUT2D eigenvalue weighted by molar-refractivity contribution is 5.57. The van der Waals surface area contributed by atoms with Crippen LogP contribution < -0.4 is 4.74 Å². The molecule has 0 heterocycles. The molecule has 0 aromatic heterocycles. The Morgan fingerprint density at radius 2 is 1.81 bits per heavy atom. The minimum atomic E-state index is -0.137. The molecule has 0 amide bonds. The van der Waals surface area contributed by atoms with Gasteiger partial charge < -0.3 is 14.9 Å². The zero-order chi connectivity index (χ0) is 12.1. The lowest BCUT2D eigenvalue weighted by molar-refractivity contribution is 0.289. The maximum Gasteiger partial charge on any atom is 0.200 e. The Bertz CT molecular complexity index is 359. The smallest absolute Gasteiger partial charge is 0.200 e. The first kappa shape index (κ1) is 12.7. The predicted molar refractivity (Wildman–Crippen MR) is 64.3 cm³/mol. The molecule has 0 aliphatic carbocycles. The van der Waals surface area contributed by atoms with Crippen molar-refractivity contribution >= 4 is 0 Å². The van der Waals surface area contributed by atoms with Gasteiger partial charge in [0.1, 0.15) is 0 Å². The van der Waals surface area contributed by atoms with Gasteiger partial charge in [-0.25, -0.2) is 0 Å². The van der Waals surface area contributed by atoms with Gasteiger partial charge in [-0.1, -0.05) is 20.8 Å². The van der Waals surface area contributed by atoms with Crippen LogP contribution in [-0.4, -0.2) is 16.8 Å². The fourth-order valence-electron chi connectivity index (χ4n) is 1.79. The van der Waals surface area contributed by atoms with Crippen LogP contribution in [0.4, 0.5) is 0 Å². The summed E-state index contributed by atoms with van der Waals surface area (Å²) in [4.78, 5) is 0. The van der Waals surface area contributed by atoms with Crippen LogP contribution in [0.25, 0.3) is 0 Å². The average Bonchev–Trinajstić information content (AvgIpc) is 2.30.